The van der Waals surface area contributed by atoms with Crippen LogP contribution < -0.4 is 5.32 Å². The summed E-state index contributed by atoms with van der Waals surface area (Å²) in [5, 5.41) is 3.04. The van der Waals surface area contributed by atoms with Crippen molar-refractivity contribution in [2.45, 2.75) is 18.3 Å². The fraction of sp³-hybridized carbons (Fsp3) is 0.400. The molecule has 2 aliphatic rings. The van der Waals surface area contributed by atoms with Crippen LogP contribution in [0.5, 0.6) is 0 Å². The van der Waals surface area contributed by atoms with E-state index in [-0.39, 0.29) is 0 Å². The molecule has 1 N–H and O–H groups in total. The molecule has 0 aromatic heterocycles. The van der Waals surface area contributed by atoms with E-state index in [1.165, 1.54) is 0 Å². The van der Waals surface area contributed by atoms with Crippen molar-refractivity contribution in [3.05, 3.63) is 29.8 Å². The number of hydrogen-bond donors (Lipinski definition) is 1. The van der Waals surface area contributed by atoms with Crippen LogP contribution in [-0.4, -0.2) is 12.8 Å². The molecule has 0 bridgehead atoms. The van der Waals surface area contributed by atoms with Gasteiger partial charge in [0.1, 0.15) is 0 Å². The lowest BCUT2D eigenvalue weighted by molar-refractivity contribution is 0.0510. The van der Waals surface area contributed by atoms with Crippen molar-refractivity contribution < 1.29 is 9.13 Å². The van der Waals surface area contributed by atoms with Crippen LogP contribution in [0.1, 0.15) is 12.0 Å². The number of halogens is 1. The highest BCUT2D eigenvalue weighted by atomic mass is 19.1. The number of alkyl halides is 1. The molecule has 1 saturated heterocycles. The Hall–Kier alpha value is -1.09. The van der Waals surface area contributed by atoms with E-state index >= 15 is 0 Å². The third-order valence-electron chi connectivity index (χ3n) is 2.83. The predicted molar refractivity (Wildman–Crippen MR) is 47.2 cm³/mol. The Morgan fingerprint density at radius 3 is 3.23 bits per heavy atom. The summed E-state index contributed by atoms with van der Waals surface area (Å²) in [5.74, 6) is 0. The molecule has 2 heterocycles. The van der Waals surface area contributed by atoms with Gasteiger partial charge >= 0.3 is 0 Å². The van der Waals surface area contributed by atoms with E-state index < -0.39 is 11.9 Å². The van der Waals surface area contributed by atoms with E-state index in [9.17, 15) is 4.39 Å². The molecule has 0 spiro atoms. The first-order valence-corrected chi connectivity index (χ1v) is 4.47. The Bertz CT molecular complexity index is 355. The number of rotatable bonds is 0. The molecule has 0 radical (unpaired) electrons. The first kappa shape index (κ1) is 7.33. The van der Waals surface area contributed by atoms with Gasteiger partial charge in [-0.25, -0.2) is 4.39 Å². The number of ether oxygens (including phenoxy) is 1. The van der Waals surface area contributed by atoms with E-state index in [0.29, 0.717) is 13.0 Å². The Balaban J connectivity index is 2.17. The van der Waals surface area contributed by atoms with Crippen LogP contribution >= 0.6 is 0 Å². The normalized spacial score (nSPS) is 35.3. The summed E-state index contributed by atoms with van der Waals surface area (Å²) >= 11 is 0. The van der Waals surface area contributed by atoms with Gasteiger partial charge in [-0.2, -0.15) is 0 Å². The van der Waals surface area contributed by atoms with Crippen molar-refractivity contribution in [3.63, 3.8) is 0 Å². The van der Waals surface area contributed by atoms with Gasteiger partial charge in [0, 0.05) is 17.7 Å². The molecule has 1 aromatic rings. The highest BCUT2D eigenvalue weighted by Crippen LogP contribution is 2.48. The third-order valence-corrected chi connectivity index (χ3v) is 2.83. The van der Waals surface area contributed by atoms with Crippen molar-refractivity contribution in [2.75, 3.05) is 11.9 Å². The van der Waals surface area contributed by atoms with E-state index in [0.717, 1.165) is 11.3 Å². The molecule has 3 rings (SSSR count). The minimum atomic E-state index is -1.30. The van der Waals surface area contributed by atoms with Gasteiger partial charge in [-0.05, 0) is 6.07 Å². The van der Waals surface area contributed by atoms with Crippen molar-refractivity contribution in [1.82, 2.24) is 0 Å². The average Bonchev–Trinajstić information content (AvgIpc) is 2.60. The molecular formula is C10H10FNO. The summed E-state index contributed by atoms with van der Waals surface area (Å²) in [6.07, 6.45) is -0.00769. The molecule has 3 heteroatoms. The molecule has 1 aromatic carbocycles. The number of para-hydroxylation sites is 1. The quantitative estimate of drug-likeness (QED) is 0.657. The van der Waals surface area contributed by atoms with Crippen molar-refractivity contribution >= 4 is 5.69 Å². The van der Waals surface area contributed by atoms with Crippen LogP contribution in [0, 0.1) is 0 Å². The summed E-state index contributed by atoms with van der Waals surface area (Å²) in [6, 6.07) is 7.48. The summed E-state index contributed by atoms with van der Waals surface area (Å²) in [6.45, 7) is 0.502. The summed E-state index contributed by atoms with van der Waals surface area (Å²) in [4.78, 5) is 0. The standard InChI is InChI=1S/C10H10FNO/c11-10-5-6-13-9(10)12-8-4-2-1-3-7(8)10/h1-4,9,12H,5-6H2. The monoisotopic (exact) mass is 179 g/mol. The van der Waals surface area contributed by atoms with Gasteiger partial charge in [0.25, 0.3) is 0 Å². The average molecular weight is 179 g/mol. The van der Waals surface area contributed by atoms with Gasteiger partial charge in [0.15, 0.2) is 11.9 Å². The largest absolute Gasteiger partial charge is 0.357 e. The highest BCUT2D eigenvalue weighted by Gasteiger charge is 2.51. The molecule has 68 valence electrons. The first-order valence-electron chi connectivity index (χ1n) is 4.47. The zero-order valence-electron chi connectivity index (χ0n) is 7.09. The lowest BCUT2D eigenvalue weighted by Gasteiger charge is -2.16. The Morgan fingerprint density at radius 2 is 2.31 bits per heavy atom. The fourth-order valence-electron chi connectivity index (χ4n) is 2.13. The maximum Gasteiger partial charge on any atom is 0.184 e. The van der Waals surface area contributed by atoms with Gasteiger partial charge < -0.3 is 10.1 Å². The number of fused-ring (bicyclic) bond motifs is 3. The highest BCUT2D eigenvalue weighted by molar-refractivity contribution is 5.60. The summed E-state index contributed by atoms with van der Waals surface area (Å²) in [7, 11) is 0. The van der Waals surface area contributed by atoms with Crippen molar-refractivity contribution in [2.24, 2.45) is 0 Å². The van der Waals surface area contributed by atoms with E-state index in [2.05, 4.69) is 5.32 Å². The molecule has 0 amide bonds. The Labute approximate surface area is 75.7 Å². The Kier molecular flexibility index (Phi) is 1.26. The number of benzene rings is 1. The van der Waals surface area contributed by atoms with Crippen LogP contribution in [0.15, 0.2) is 24.3 Å². The molecule has 13 heavy (non-hydrogen) atoms. The van der Waals surface area contributed by atoms with Crippen LogP contribution in [0.4, 0.5) is 10.1 Å². The number of hydrogen-bond acceptors (Lipinski definition) is 2. The number of nitrogens with one attached hydrogen (secondary N) is 1. The number of anilines is 1. The lowest BCUT2D eigenvalue weighted by atomic mass is 9.95. The minimum absolute atomic E-state index is 0.460. The van der Waals surface area contributed by atoms with Crippen LogP contribution in [0.3, 0.4) is 0 Å². The van der Waals surface area contributed by atoms with Gasteiger partial charge in [0.05, 0.1) is 6.61 Å². The second-order valence-electron chi connectivity index (χ2n) is 3.55. The zero-order valence-corrected chi connectivity index (χ0v) is 7.09. The van der Waals surface area contributed by atoms with Crippen molar-refractivity contribution in [3.8, 4) is 0 Å². The molecule has 2 nitrogen and oxygen atoms in total. The first-order chi connectivity index (χ1) is 6.31. The topological polar surface area (TPSA) is 21.3 Å². The molecule has 2 unspecified atom stereocenters. The molecule has 2 atom stereocenters. The second-order valence-corrected chi connectivity index (χ2v) is 3.55. The molecule has 2 aliphatic heterocycles. The van der Waals surface area contributed by atoms with E-state index in [1.807, 2.05) is 24.3 Å². The maximum absolute atomic E-state index is 14.3. The van der Waals surface area contributed by atoms with Gasteiger partial charge in [-0.3, -0.25) is 0 Å². The van der Waals surface area contributed by atoms with E-state index in [1.54, 1.807) is 0 Å². The molecule has 0 aliphatic carbocycles. The van der Waals surface area contributed by atoms with Gasteiger partial charge in [0.2, 0.25) is 0 Å². The van der Waals surface area contributed by atoms with Gasteiger partial charge in [-0.1, -0.05) is 18.2 Å². The summed E-state index contributed by atoms with van der Waals surface area (Å²) in [5.41, 5.74) is 0.323. The molecular weight excluding hydrogens is 169 g/mol. The zero-order chi connectivity index (χ0) is 8.89. The predicted octanol–water partition coefficient (Wildman–Crippen LogP) is 2.02. The molecule has 0 saturated carbocycles. The lowest BCUT2D eigenvalue weighted by Crippen LogP contribution is -2.29. The van der Waals surface area contributed by atoms with Crippen molar-refractivity contribution in [1.29, 1.82) is 0 Å². The van der Waals surface area contributed by atoms with Gasteiger partial charge in [-0.15, -0.1) is 0 Å². The second kappa shape index (κ2) is 2.23. The maximum atomic E-state index is 14.3. The van der Waals surface area contributed by atoms with Crippen LogP contribution in [-0.2, 0) is 10.4 Å². The summed E-state index contributed by atoms with van der Waals surface area (Å²) < 4.78 is 19.6. The minimum Gasteiger partial charge on any atom is -0.357 e. The van der Waals surface area contributed by atoms with Crippen LogP contribution in [0.25, 0.3) is 0 Å². The molecule has 1 fully saturated rings. The Morgan fingerprint density at radius 1 is 1.46 bits per heavy atom. The smallest absolute Gasteiger partial charge is 0.184 e. The SMILES string of the molecule is FC12CCOC1Nc1ccccc12. The fourth-order valence-corrected chi connectivity index (χ4v) is 2.13. The van der Waals surface area contributed by atoms with Crippen LogP contribution in [0.2, 0.25) is 0 Å². The van der Waals surface area contributed by atoms with E-state index in [4.69, 9.17) is 4.74 Å². The third kappa shape index (κ3) is 0.800.